The maximum atomic E-state index is 6.22. The molecular weight excluding hydrogens is 464 g/mol. The van der Waals surface area contributed by atoms with Crippen LogP contribution in [0.2, 0.25) is 0 Å². The van der Waals surface area contributed by atoms with E-state index in [1.165, 1.54) is 18.4 Å². The van der Waals surface area contributed by atoms with Crippen molar-refractivity contribution in [1.82, 2.24) is 14.9 Å². The van der Waals surface area contributed by atoms with Crippen molar-refractivity contribution in [2.45, 2.75) is 50.8 Å². The van der Waals surface area contributed by atoms with Crippen LogP contribution in [0.4, 0.5) is 5.69 Å². The molecule has 0 bridgehead atoms. The first-order valence-electron chi connectivity index (χ1n) is 12.7. The Bertz CT molecular complexity index is 1340. The highest BCUT2D eigenvalue weighted by Crippen LogP contribution is 2.42. The van der Waals surface area contributed by atoms with E-state index in [9.17, 15) is 0 Å². The molecule has 2 atom stereocenters. The van der Waals surface area contributed by atoms with Crippen LogP contribution in [0.5, 0.6) is 5.75 Å². The van der Waals surface area contributed by atoms with Gasteiger partial charge in [0.1, 0.15) is 11.8 Å². The standard InChI is InChI=1S/C30H30N4OS/c1-21-8-6-9-23(20-21)33-19-7-13-27(33)29-28(26-12-4-5-18-31-26)32-30(36)34(29)22-14-16-25(17-15-22)35-24-10-2-3-11-24/h4-9,12-20,24,28-29H,2-3,10-11H2,1H3,(H,32,36)/t28-,29+/m0/s1. The van der Waals surface area contributed by atoms with Gasteiger partial charge in [-0.1, -0.05) is 18.2 Å². The predicted molar refractivity (Wildman–Crippen MR) is 148 cm³/mol. The van der Waals surface area contributed by atoms with Crippen molar-refractivity contribution in [3.05, 3.63) is 108 Å². The third kappa shape index (κ3) is 4.37. The number of benzene rings is 2. The Morgan fingerprint density at radius 3 is 2.50 bits per heavy atom. The zero-order valence-electron chi connectivity index (χ0n) is 20.4. The number of hydrogen-bond donors (Lipinski definition) is 1. The van der Waals surface area contributed by atoms with E-state index in [1.807, 2.05) is 18.3 Å². The van der Waals surface area contributed by atoms with Crippen molar-refractivity contribution < 1.29 is 4.74 Å². The number of rotatable bonds is 6. The zero-order chi connectivity index (χ0) is 24.5. The van der Waals surface area contributed by atoms with E-state index in [2.05, 4.69) is 94.6 Å². The van der Waals surface area contributed by atoms with Crippen LogP contribution in [0.1, 0.15) is 54.7 Å². The van der Waals surface area contributed by atoms with Gasteiger partial charge in [-0.25, -0.2) is 0 Å². The summed E-state index contributed by atoms with van der Waals surface area (Å²) in [6, 6.07) is 27.1. The Morgan fingerprint density at radius 1 is 0.917 bits per heavy atom. The SMILES string of the molecule is Cc1cccc(-n2cccc2[C@@H]2[C@H](c3ccccn3)NC(=S)N2c2ccc(OC3CCCC3)cc2)c1. The molecule has 1 saturated carbocycles. The summed E-state index contributed by atoms with van der Waals surface area (Å²) in [7, 11) is 0. The number of aromatic nitrogens is 2. The highest BCUT2D eigenvalue weighted by molar-refractivity contribution is 7.80. The Labute approximate surface area is 217 Å². The summed E-state index contributed by atoms with van der Waals surface area (Å²) in [6.07, 6.45) is 9.11. The molecule has 1 N–H and O–H groups in total. The molecule has 2 aromatic carbocycles. The summed E-state index contributed by atoms with van der Waals surface area (Å²) < 4.78 is 8.47. The number of nitrogens with one attached hydrogen (secondary N) is 1. The van der Waals surface area contributed by atoms with Gasteiger partial charge in [0.15, 0.2) is 5.11 Å². The largest absolute Gasteiger partial charge is 0.490 e. The Balaban J connectivity index is 1.40. The third-order valence-corrected chi connectivity index (χ3v) is 7.50. The third-order valence-electron chi connectivity index (χ3n) is 7.18. The minimum Gasteiger partial charge on any atom is -0.490 e. The van der Waals surface area contributed by atoms with E-state index in [0.717, 1.165) is 41.4 Å². The number of thiocarbonyl (C=S) groups is 1. The van der Waals surface area contributed by atoms with E-state index < -0.39 is 0 Å². The summed E-state index contributed by atoms with van der Waals surface area (Å²) in [5.41, 5.74) is 5.50. The van der Waals surface area contributed by atoms with Crippen molar-refractivity contribution in [3.8, 4) is 11.4 Å². The molecule has 3 heterocycles. The Kier molecular flexibility index (Phi) is 6.20. The van der Waals surface area contributed by atoms with Crippen molar-refractivity contribution >= 4 is 23.0 Å². The van der Waals surface area contributed by atoms with Crippen LogP contribution in [-0.2, 0) is 0 Å². The van der Waals surface area contributed by atoms with Gasteiger partial charge in [0.05, 0.1) is 17.8 Å². The lowest BCUT2D eigenvalue weighted by Crippen LogP contribution is -2.30. The zero-order valence-corrected chi connectivity index (χ0v) is 21.2. The number of hydrogen-bond acceptors (Lipinski definition) is 3. The molecule has 4 aromatic rings. The monoisotopic (exact) mass is 494 g/mol. The lowest BCUT2D eigenvalue weighted by atomic mass is 10.0. The lowest BCUT2D eigenvalue weighted by Gasteiger charge is -2.29. The highest BCUT2D eigenvalue weighted by atomic mass is 32.1. The van der Waals surface area contributed by atoms with E-state index in [1.54, 1.807) is 0 Å². The normalized spacial score (nSPS) is 20.0. The van der Waals surface area contributed by atoms with Crippen molar-refractivity contribution in [1.29, 1.82) is 0 Å². The maximum Gasteiger partial charge on any atom is 0.174 e. The van der Waals surface area contributed by atoms with Crippen LogP contribution in [0.3, 0.4) is 0 Å². The highest BCUT2D eigenvalue weighted by Gasteiger charge is 2.42. The molecule has 0 unspecified atom stereocenters. The van der Waals surface area contributed by atoms with Crippen molar-refractivity contribution in [2.75, 3.05) is 4.90 Å². The Hall–Kier alpha value is -3.64. The van der Waals surface area contributed by atoms with Gasteiger partial charge in [-0.05, 0) is 111 Å². The number of pyridine rings is 1. The van der Waals surface area contributed by atoms with Crippen LogP contribution in [0.15, 0.2) is 91.3 Å². The van der Waals surface area contributed by atoms with Gasteiger partial charge in [0.25, 0.3) is 0 Å². The van der Waals surface area contributed by atoms with Crippen LogP contribution >= 0.6 is 12.2 Å². The molecule has 1 aliphatic carbocycles. The maximum absolute atomic E-state index is 6.22. The number of nitrogens with zero attached hydrogens (tertiary/aromatic N) is 3. The average molecular weight is 495 g/mol. The second-order valence-electron chi connectivity index (χ2n) is 9.66. The lowest BCUT2D eigenvalue weighted by molar-refractivity contribution is 0.210. The topological polar surface area (TPSA) is 42.3 Å². The molecule has 2 fully saturated rings. The molecule has 2 aromatic heterocycles. The molecule has 1 saturated heterocycles. The minimum absolute atomic E-state index is 0.0792. The van der Waals surface area contributed by atoms with Gasteiger partial charge in [-0.2, -0.15) is 0 Å². The number of anilines is 1. The average Bonchev–Trinajstić information content (AvgIpc) is 3.65. The fourth-order valence-electron chi connectivity index (χ4n) is 5.47. The van der Waals surface area contributed by atoms with Crippen LogP contribution in [0.25, 0.3) is 5.69 Å². The molecule has 6 rings (SSSR count). The molecule has 182 valence electrons. The molecule has 0 amide bonds. The number of ether oxygens (including phenoxy) is 1. The minimum atomic E-state index is -0.0911. The van der Waals surface area contributed by atoms with Gasteiger partial charge in [-0.3, -0.25) is 4.98 Å². The van der Waals surface area contributed by atoms with Gasteiger partial charge >= 0.3 is 0 Å². The quantitative estimate of drug-likeness (QED) is 0.303. The Morgan fingerprint density at radius 2 is 1.75 bits per heavy atom. The first kappa shape index (κ1) is 22.8. The molecule has 0 spiro atoms. The fourth-order valence-corrected chi connectivity index (χ4v) is 5.81. The van der Waals surface area contributed by atoms with Crippen molar-refractivity contribution in [2.24, 2.45) is 0 Å². The van der Waals surface area contributed by atoms with Crippen molar-refractivity contribution in [3.63, 3.8) is 0 Å². The van der Waals surface area contributed by atoms with E-state index in [4.69, 9.17) is 21.9 Å². The predicted octanol–water partition coefficient (Wildman–Crippen LogP) is 6.68. The number of aryl methyl sites for hydroxylation is 1. The van der Waals surface area contributed by atoms with Crippen LogP contribution in [-0.4, -0.2) is 20.8 Å². The summed E-state index contributed by atoms with van der Waals surface area (Å²) in [6.45, 7) is 2.12. The second kappa shape index (κ2) is 9.78. The van der Waals surface area contributed by atoms with Gasteiger partial charge in [0.2, 0.25) is 0 Å². The molecule has 1 aliphatic heterocycles. The summed E-state index contributed by atoms with van der Waals surface area (Å²) in [5, 5.41) is 4.26. The summed E-state index contributed by atoms with van der Waals surface area (Å²) in [5.74, 6) is 0.921. The molecule has 5 nitrogen and oxygen atoms in total. The van der Waals surface area contributed by atoms with Gasteiger partial charge in [-0.15, -0.1) is 0 Å². The molecule has 2 aliphatic rings. The summed E-state index contributed by atoms with van der Waals surface area (Å²) >= 11 is 5.93. The first-order chi connectivity index (χ1) is 17.7. The molecule has 0 radical (unpaired) electrons. The van der Waals surface area contributed by atoms with E-state index >= 15 is 0 Å². The fraction of sp³-hybridized carbons (Fsp3) is 0.267. The van der Waals surface area contributed by atoms with Crippen LogP contribution in [0, 0.1) is 6.92 Å². The van der Waals surface area contributed by atoms with Gasteiger partial charge < -0.3 is 19.5 Å². The molecule has 6 heteroatoms. The van der Waals surface area contributed by atoms with Crippen LogP contribution < -0.4 is 15.0 Å². The molecule has 36 heavy (non-hydrogen) atoms. The molecular formula is C30H30N4OS. The second-order valence-corrected chi connectivity index (χ2v) is 10.0. The first-order valence-corrected chi connectivity index (χ1v) is 13.1. The van der Waals surface area contributed by atoms with E-state index in [0.29, 0.717) is 11.2 Å². The van der Waals surface area contributed by atoms with E-state index in [-0.39, 0.29) is 12.1 Å². The summed E-state index contributed by atoms with van der Waals surface area (Å²) in [4.78, 5) is 6.91. The van der Waals surface area contributed by atoms with Gasteiger partial charge in [0, 0.05) is 29.5 Å². The smallest absolute Gasteiger partial charge is 0.174 e.